The average molecular weight is 477 g/mol. The molecule has 1 saturated heterocycles. The quantitative estimate of drug-likeness (QED) is 0.343. The molecule has 0 amide bonds. The molecule has 4 nitrogen and oxygen atoms in total. The molecule has 2 atom stereocenters. The smallest absolute Gasteiger partial charge is 0.174 e. The van der Waals surface area contributed by atoms with Crippen molar-refractivity contribution in [2.24, 2.45) is 0 Å². The monoisotopic (exact) mass is 476 g/mol. The SMILES string of the molecule is Cc1cc([C@H]2[C@@H](c3ccccn3)NC(=S)N2c2ccc(Cl)cc2)c(C)n1-c1ccccc1F. The summed E-state index contributed by atoms with van der Waals surface area (Å²) >= 11 is 11.9. The number of nitrogens with zero attached hydrogens (tertiary/aromatic N) is 3. The molecule has 5 rings (SSSR count). The van der Waals surface area contributed by atoms with Gasteiger partial charge in [-0.15, -0.1) is 0 Å². The summed E-state index contributed by atoms with van der Waals surface area (Å²) in [4.78, 5) is 6.70. The fraction of sp³-hybridized carbons (Fsp3) is 0.154. The maximum Gasteiger partial charge on any atom is 0.174 e. The van der Waals surface area contributed by atoms with E-state index in [4.69, 9.17) is 23.8 Å². The van der Waals surface area contributed by atoms with Crippen LogP contribution in [0.1, 0.15) is 34.7 Å². The lowest BCUT2D eigenvalue weighted by Gasteiger charge is -2.28. The Balaban J connectivity index is 1.69. The number of nitrogens with one attached hydrogen (secondary N) is 1. The first-order chi connectivity index (χ1) is 16.0. The molecule has 0 unspecified atom stereocenters. The van der Waals surface area contributed by atoms with Crippen LogP contribution < -0.4 is 10.2 Å². The van der Waals surface area contributed by atoms with Crippen LogP contribution >= 0.6 is 23.8 Å². The second kappa shape index (κ2) is 8.61. The van der Waals surface area contributed by atoms with Gasteiger partial charge in [0.25, 0.3) is 0 Å². The number of aromatic nitrogens is 2. The molecule has 0 aliphatic carbocycles. The maximum absolute atomic E-state index is 14.7. The zero-order chi connectivity index (χ0) is 23.1. The van der Waals surface area contributed by atoms with Crippen LogP contribution in [0.5, 0.6) is 0 Å². The number of benzene rings is 2. The molecule has 0 bridgehead atoms. The molecule has 3 heterocycles. The zero-order valence-electron chi connectivity index (χ0n) is 18.2. The summed E-state index contributed by atoms with van der Waals surface area (Å²) in [6.07, 6.45) is 1.78. The van der Waals surface area contributed by atoms with Crippen LogP contribution in [0.4, 0.5) is 10.1 Å². The van der Waals surface area contributed by atoms with Crippen molar-refractivity contribution in [3.05, 3.63) is 112 Å². The highest BCUT2D eigenvalue weighted by Gasteiger charge is 2.42. The molecule has 1 aliphatic heterocycles. The number of pyridine rings is 1. The minimum absolute atomic E-state index is 0.177. The molecule has 166 valence electrons. The molecule has 0 saturated carbocycles. The highest BCUT2D eigenvalue weighted by atomic mass is 35.5. The molecule has 1 aliphatic rings. The van der Waals surface area contributed by atoms with Gasteiger partial charge in [-0.05, 0) is 86.2 Å². The molecule has 1 fully saturated rings. The van der Waals surface area contributed by atoms with Crippen LogP contribution in [0.2, 0.25) is 5.02 Å². The Morgan fingerprint density at radius 3 is 2.42 bits per heavy atom. The minimum atomic E-state index is -0.262. The van der Waals surface area contributed by atoms with Crippen molar-refractivity contribution < 1.29 is 4.39 Å². The van der Waals surface area contributed by atoms with Crippen molar-refractivity contribution in [1.82, 2.24) is 14.9 Å². The summed E-state index contributed by atoms with van der Waals surface area (Å²) in [6.45, 7) is 4.01. The zero-order valence-corrected chi connectivity index (χ0v) is 19.7. The third-order valence-electron chi connectivity index (χ3n) is 6.09. The van der Waals surface area contributed by atoms with Gasteiger partial charge in [0.05, 0.1) is 23.5 Å². The second-order valence-electron chi connectivity index (χ2n) is 8.09. The van der Waals surface area contributed by atoms with Gasteiger partial charge in [-0.2, -0.15) is 0 Å². The number of hydrogen-bond donors (Lipinski definition) is 1. The molecule has 4 aromatic rings. The highest BCUT2D eigenvalue weighted by Crippen LogP contribution is 2.44. The molecular weight excluding hydrogens is 455 g/mol. The first-order valence-corrected chi connectivity index (χ1v) is 11.4. The molecule has 2 aromatic heterocycles. The molecule has 7 heteroatoms. The van der Waals surface area contributed by atoms with E-state index in [1.807, 2.05) is 66.9 Å². The Hall–Kier alpha value is -3.22. The fourth-order valence-electron chi connectivity index (χ4n) is 4.64. The number of anilines is 1. The summed E-state index contributed by atoms with van der Waals surface area (Å²) in [6, 6.07) is 22.1. The Morgan fingerprint density at radius 1 is 1.00 bits per heavy atom. The molecule has 2 aromatic carbocycles. The fourth-order valence-corrected chi connectivity index (χ4v) is 5.11. The first kappa shape index (κ1) is 21.6. The van der Waals surface area contributed by atoms with Crippen LogP contribution in [0.25, 0.3) is 5.69 Å². The van der Waals surface area contributed by atoms with E-state index in [1.165, 1.54) is 6.07 Å². The van der Waals surface area contributed by atoms with Gasteiger partial charge < -0.3 is 14.8 Å². The predicted molar refractivity (Wildman–Crippen MR) is 135 cm³/mol. The van der Waals surface area contributed by atoms with E-state index in [1.54, 1.807) is 18.3 Å². The van der Waals surface area contributed by atoms with Gasteiger partial charge in [0.15, 0.2) is 5.11 Å². The summed E-state index contributed by atoms with van der Waals surface area (Å²) in [5.74, 6) is -0.262. The number of thiocarbonyl (C=S) groups is 1. The maximum atomic E-state index is 14.7. The van der Waals surface area contributed by atoms with Crippen LogP contribution in [0, 0.1) is 19.7 Å². The lowest BCUT2D eigenvalue weighted by atomic mass is 9.96. The summed E-state index contributed by atoms with van der Waals surface area (Å²) in [5, 5.41) is 4.73. The van der Waals surface area contributed by atoms with E-state index in [9.17, 15) is 4.39 Å². The van der Waals surface area contributed by atoms with E-state index in [0.29, 0.717) is 15.8 Å². The Kier molecular flexibility index (Phi) is 5.64. The van der Waals surface area contributed by atoms with E-state index >= 15 is 0 Å². The van der Waals surface area contributed by atoms with Crippen molar-refractivity contribution in [1.29, 1.82) is 0 Å². The van der Waals surface area contributed by atoms with Crippen molar-refractivity contribution in [2.75, 3.05) is 4.90 Å². The van der Waals surface area contributed by atoms with Crippen molar-refractivity contribution in [3.63, 3.8) is 0 Å². The lowest BCUT2D eigenvalue weighted by Crippen LogP contribution is -2.29. The summed E-state index contributed by atoms with van der Waals surface area (Å²) in [5.41, 5.74) is 5.29. The van der Waals surface area contributed by atoms with Crippen LogP contribution in [-0.4, -0.2) is 14.7 Å². The van der Waals surface area contributed by atoms with Gasteiger partial charge in [0.2, 0.25) is 0 Å². The Labute approximate surface area is 202 Å². The van der Waals surface area contributed by atoms with E-state index in [-0.39, 0.29) is 17.9 Å². The standard InChI is InChI=1S/C26H22ClFN4S/c1-16-15-20(17(2)31(16)23-9-4-3-7-21(23)28)25-24(22-8-5-6-14-29-22)30-26(33)32(25)19-12-10-18(27)11-13-19/h3-15,24-25H,1-2H3,(H,30,33)/t24-,25+/m1/s1. The molecule has 33 heavy (non-hydrogen) atoms. The van der Waals surface area contributed by atoms with Gasteiger partial charge in [0, 0.05) is 28.3 Å². The van der Waals surface area contributed by atoms with Gasteiger partial charge in [-0.1, -0.05) is 29.8 Å². The van der Waals surface area contributed by atoms with E-state index < -0.39 is 0 Å². The third-order valence-corrected chi connectivity index (χ3v) is 6.65. The molecule has 1 N–H and O–H groups in total. The number of aryl methyl sites for hydroxylation is 1. The van der Waals surface area contributed by atoms with E-state index in [2.05, 4.69) is 21.3 Å². The summed E-state index contributed by atoms with van der Waals surface area (Å²) in [7, 11) is 0. The Morgan fingerprint density at radius 2 is 1.73 bits per heavy atom. The minimum Gasteiger partial charge on any atom is -0.351 e. The van der Waals surface area contributed by atoms with Crippen LogP contribution in [0.15, 0.2) is 79.0 Å². The number of para-hydroxylation sites is 1. The second-order valence-corrected chi connectivity index (χ2v) is 8.91. The van der Waals surface area contributed by atoms with Gasteiger partial charge in [-0.3, -0.25) is 4.98 Å². The number of halogens is 2. The lowest BCUT2D eigenvalue weighted by molar-refractivity contribution is 0.564. The van der Waals surface area contributed by atoms with Crippen LogP contribution in [0.3, 0.4) is 0 Å². The average Bonchev–Trinajstić information content (AvgIpc) is 3.31. The van der Waals surface area contributed by atoms with Gasteiger partial charge >= 0.3 is 0 Å². The summed E-state index contributed by atoms with van der Waals surface area (Å²) < 4.78 is 16.7. The van der Waals surface area contributed by atoms with Crippen molar-refractivity contribution in [3.8, 4) is 5.69 Å². The van der Waals surface area contributed by atoms with E-state index in [0.717, 1.165) is 28.3 Å². The molecular formula is C26H22ClFN4S. The number of hydrogen-bond acceptors (Lipinski definition) is 2. The van der Waals surface area contributed by atoms with Crippen molar-refractivity contribution in [2.45, 2.75) is 25.9 Å². The normalized spacial score (nSPS) is 17.9. The molecule has 0 radical (unpaired) electrons. The first-order valence-electron chi connectivity index (χ1n) is 10.7. The predicted octanol–water partition coefficient (Wildman–Crippen LogP) is 6.46. The van der Waals surface area contributed by atoms with Gasteiger partial charge in [-0.25, -0.2) is 4.39 Å². The van der Waals surface area contributed by atoms with Crippen LogP contribution in [-0.2, 0) is 0 Å². The number of rotatable bonds is 4. The Bertz CT molecular complexity index is 1320. The van der Waals surface area contributed by atoms with Gasteiger partial charge in [0.1, 0.15) is 5.82 Å². The molecule has 0 spiro atoms. The van der Waals surface area contributed by atoms with Crippen molar-refractivity contribution >= 4 is 34.6 Å². The topological polar surface area (TPSA) is 33.1 Å². The highest BCUT2D eigenvalue weighted by molar-refractivity contribution is 7.80. The third kappa shape index (κ3) is 3.79. The largest absolute Gasteiger partial charge is 0.351 e.